The summed E-state index contributed by atoms with van der Waals surface area (Å²) < 4.78 is 12.3. The maximum Gasteiger partial charge on any atom is 0.255 e. The number of rotatable bonds is 7. The normalized spacial score (nSPS) is 15.2. The lowest BCUT2D eigenvalue weighted by Crippen LogP contribution is -2.26. The first-order valence-electron chi connectivity index (χ1n) is 8.37. The van der Waals surface area contributed by atoms with Gasteiger partial charge in [0.25, 0.3) is 5.91 Å². The highest BCUT2D eigenvalue weighted by Gasteiger charge is 2.30. The fourth-order valence-corrected chi connectivity index (χ4v) is 2.77. The number of hydrogen-bond donors (Lipinski definition) is 1. The van der Waals surface area contributed by atoms with Crippen molar-refractivity contribution in [3.63, 3.8) is 0 Å². The molecule has 1 aromatic rings. The first kappa shape index (κ1) is 18.8. The van der Waals surface area contributed by atoms with E-state index in [9.17, 15) is 9.18 Å². The Morgan fingerprint density at radius 2 is 2.28 bits per heavy atom. The predicted octanol–water partition coefficient (Wildman–Crippen LogP) is 3.32. The largest absolute Gasteiger partial charge is 0.373 e. The zero-order chi connectivity index (χ0) is 18.4. The monoisotopic (exact) mass is 344 g/mol. The molecule has 134 valence electrons. The highest BCUT2D eigenvalue weighted by molar-refractivity contribution is 6.00. The Hall–Kier alpha value is -2.50. The lowest BCUT2D eigenvalue weighted by atomic mass is 10.1. The average molecular weight is 344 g/mol. The first-order valence-corrected chi connectivity index (χ1v) is 8.37. The Balaban J connectivity index is 2.26. The minimum Gasteiger partial charge on any atom is -0.373 e. The van der Waals surface area contributed by atoms with Gasteiger partial charge in [-0.25, -0.2) is 9.37 Å². The van der Waals surface area contributed by atoms with Gasteiger partial charge < -0.3 is 10.2 Å². The predicted molar refractivity (Wildman–Crippen MR) is 100 cm³/mol. The summed E-state index contributed by atoms with van der Waals surface area (Å²) in [6.45, 7) is 6.38. The highest BCUT2D eigenvalue weighted by Crippen LogP contribution is 2.29. The number of pyridine rings is 1. The number of carbonyl (C=O) groups is 1. The van der Waals surface area contributed by atoms with E-state index in [1.807, 2.05) is 39.0 Å². The van der Waals surface area contributed by atoms with E-state index >= 15 is 0 Å². The number of aliphatic imine (C=N–C) groups is 1. The van der Waals surface area contributed by atoms with Crippen LogP contribution in [0.2, 0.25) is 0 Å². The van der Waals surface area contributed by atoms with Gasteiger partial charge in [0, 0.05) is 31.1 Å². The topological polar surface area (TPSA) is 57.6 Å². The standard InChI is InChI=1S/C19H25FN4O/c1-5-13(2)8-15(10-22-7-6-20)11-24-12-17-16(19(24)25)9-14(3)23-18(17)21-4/h5,8-10H,6-7,11-12H2,1-4H3,(H,21,23)/b13-5+,15-8+,22-10-. The van der Waals surface area contributed by atoms with Gasteiger partial charge in [0.1, 0.15) is 12.5 Å². The Labute approximate surface area is 148 Å². The Morgan fingerprint density at radius 3 is 2.92 bits per heavy atom. The molecule has 0 saturated carbocycles. The number of carbonyl (C=O) groups excluding carboxylic acids is 1. The van der Waals surface area contributed by atoms with E-state index in [4.69, 9.17) is 0 Å². The van der Waals surface area contributed by atoms with Crippen LogP contribution in [0.3, 0.4) is 0 Å². The molecule has 0 radical (unpaired) electrons. The molecule has 1 aliphatic rings. The van der Waals surface area contributed by atoms with Crippen molar-refractivity contribution < 1.29 is 9.18 Å². The molecule has 1 N–H and O–H groups in total. The molecule has 0 aromatic carbocycles. The number of anilines is 1. The number of allylic oxidation sites excluding steroid dienone is 3. The second-order valence-electron chi connectivity index (χ2n) is 6.03. The molecule has 6 heteroatoms. The van der Waals surface area contributed by atoms with Gasteiger partial charge in [0.2, 0.25) is 0 Å². The van der Waals surface area contributed by atoms with Gasteiger partial charge in [-0.15, -0.1) is 0 Å². The van der Waals surface area contributed by atoms with Crippen molar-refractivity contribution in [2.45, 2.75) is 27.3 Å². The van der Waals surface area contributed by atoms with Crippen molar-refractivity contribution in [1.82, 2.24) is 9.88 Å². The zero-order valence-electron chi connectivity index (χ0n) is 15.3. The van der Waals surface area contributed by atoms with Gasteiger partial charge in [-0.3, -0.25) is 9.79 Å². The molecule has 0 fully saturated rings. The molecule has 0 spiro atoms. The van der Waals surface area contributed by atoms with Crippen molar-refractivity contribution in [1.29, 1.82) is 0 Å². The van der Waals surface area contributed by atoms with Gasteiger partial charge in [-0.05, 0) is 32.4 Å². The van der Waals surface area contributed by atoms with Gasteiger partial charge in [-0.2, -0.15) is 0 Å². The third-order valence-electron chi connectivity index (χ3n) is 4.07. The number of alkyl halides is 1. The minimum atomic E-state index is -0.489. The van der Waals surface area contributed by atoms with Crippen LogP contribution >= 0.6 is 0 Å². The zero-order valence-corrected chi connectivity index (χ0v) is 15.3. The molecule has 1 aromatic heterocycles. The highest BCUT2D eigenvalue weighted by atomic mass is 19.1. The summed E-state index contributed by atoms with van der Waals surface area (Å²) in [4.78, 5) is 23.1. The van der Waals surface area contributed by atoms with Crippen LogP contribution in [0.5, 0.6) is 0 Å². The van der Waals surface area contributed by atoms with E-state index < -0.39 is 6.67 Å². The maximum atomic E-state index is 12.8. The fraction of sp³-hybridized carbons (Fsp3) is 0.421. The first-order chi connectivity index (χ1) is 12.0. The number of nitrogens with one attached hydrogen (secondary N) is 1. The Morgan fingerprint density at radius 1 is 1.52 bits per heavy atom. The van der Waals surface area contributed by atoms with E-state index in [0.29, 0.717) is 18.7 Å². The van der Waals surface area contributed by atoms with Crippen LogP contribution in [-0.2, 0) is 6.54 Å². The van der Waals surface area contributed by atoms with E-state index in [1.54, 1.807) is 18.2 Å². The second kappa shape index (κ2) is 8.55. The van der Waals surface area contributed by atoms with E-state index in [2.05, 4.69) is 15.3 Å². The van der Waals surface area contributed by atoms with E-state index in [-0.39, 0.29) is 12.5 Å². The van der Waals surface area contributed by atoms with Crippen molar-refractivity contribution in [3.8, 4) is 0 Å². The van der Waals surface area contributed by atoms with Gasteiger partial charge in [0.15, 0.2) is 0 Å². The lowest BCUT2D eigenvalue weighted by molar-refractivity contribution is 0.0794. The van der Waals surface area contributed by atoms with Crippen LogP contribution in [-0.4, -0.2) is 48.8 Å². The molecule has 1 aliphatic heterocycles. The molecule has 1 amide bonds. The van der Waals surface area contributed by atoms with Crippen molar-refractivity contribution >= 4 is 17.9 Å². The van der Waals surface area contributed by atoms with Crippen LogP contribution in [0.15, 0.2) is 34.4 Å². The van der Waals surface area contributed by atoms with Crippen molar-refractivity contribution in [2.24, 2.45) is 4.99 Å². The molecule has 0 saturated heterocycles. The molecule has 2 rings (SSSR count). The van der Waals surface area contributed by atoms with Crippen molar-refractivity contribution in [3.05, 3.63) is 46.2 Å². The Kier molecular flexibility index (Phi) is 6.44. The number of hydrogen-bond acceptors (Lipinski definition) is 4. The minimum absolute atomic E-state index is 0.0140. The maximum absolute atomic E-state index is 12.8. The second-order valence-corrected chi connectivity index (χ2v) is 6.03. The third-order valence-corrected chi connectivity index (χ3v) is 4.07. The molecule has 0 aliphatic carbocycles. The van der Waals surface area contributed by atoms with Crippen LogP contribution in [0, 0.1) is 6.92 Å². The summed E-state index contributed by atoms with van der Waals surface area (Å²) in [6.07, 6.45) is 5.61. The molecular formula is C19H25FN4O. The van der Waals surface area contributed by atoms with Crippen LogP contribution in [0.1, 0.15) is 35.5 Å². The van der Waals surface area contributed by atoms with Crippen LogP contribution < -0.4 is 5.32 Å². The number of aromatic nitrogens is 1. The third kappa shape index (κ3) is 4.53. The summed E-state index contributed by atoms with van der Waals surface area (Å²) in [5.74, 6) is 0.729. The number of aryl methyl sites for hydroxylation is 1. The molecule has 2 heterocycles. The van der Waals surface area contributed by atoms with Crippen molar-refractivity contribution in [2.75, 3.05) is 32.1 Å². The lowest BCUT2D eigenvalue weighted by Gasteiger charge is -2.16. The van der Waals surface area contributed by atoms with Crippen LogP contribution in [0.25, 0.3) is 0 Å². The summed E-state index contributed by atoms with van der Waals surface area (Å²) in [5.41, 5.74) is 4.36. The summed E-state index contributed by atoms with van der Waals surface area (Å²) in [7, 11) is 1.81. The number of fused-ring (bicyclic) bond motifs is 1. The van der Waals surface area contributed by atoms with Crippen LogP contribution in [0.4, 0.5) is 10.2 Å². The van der Waals surface area contributed by atoms with Gasteiger partial charge in [0.05, 0.1) is 18.7 Å². The molecule has 25 heavy (non-hydrogen) atoms. The number of halogens is 1. The Bertz CT molecular complexity index is 737. The molecular weight excluding hydrogens is 319 g/mol. The molecule has 0 bridgehead atoms. The summed E-state index contributed by atoms with van der Waals surface area (Å²) in [6, 6.07) is 1.83. The smallest absolute Gasteiger partial charge is 0.255 e. The molecule has 0 unspecified atom stereocenters. The quantitative estimate of drug-likeness (QED) is 0.610. The van der Waals surface area contributed by atoms with E-state index in [1.165, 1.54) is 0 Å². The molecule has 5 nitrogen and oxygen atoms in total. The van der Waals surface area contributed by atoms with E-state index in [0.717, 1.165) is 28.2 Å². The SMILES string of the molecule is C/C=C(C)/C=C(\C=N/CCF)CN1Cc2c(cc(C)nc2NC)C1=O. The molecule has 0 atom stereocenters. The number of nitrogens with zero attached hydrogens (tertiary/aromatic N) is 3. The summed E-state index contributed by atoms with van der Waals surface area (Å²) >= 11 is 0. The fourth-order valence-electron chi connectivity index (χ4n) is 2.77. The average Bonchev–Trinajstić information content (AvgIpc) is 2.90. The van der Waals surface area contributed by atoms with Gasteiger partial charge in [-0.1, -0.05) is 17.7 Å². The number of amides is 1. The van der Waals surface area contributed by atoms with Gasteiger partial charge >= 0.3 is 0 Å². The summed E-state index contributed by atoms with van der Waals surface area (Å²) in [5, 5.41) is 3.06.